The van der Waals surface area contributed by atoms with Crippen LogP contribution >= 0.6 is 0 Å². The first-order valence-corrected chi connectivity index (χ1v) is 6.12. The maximum absolute atomic E-state index is 10.4. The summed E-state index contributed by atoms with van der Waals surface area (Å²) in [7, 11) is 1.58. The van der Waals surface area contributed by atoms with Gasteiger partial charge in [-0.3, -0.25) is 0 Å². The lowest BCUT2D eigenvalue weighted by atomic mass is 10.1. The molecule has 0 aromatic heterocycles. The molecule has 20 heavy (non-hydrogen) atoms. The first-order chi connectivity index (χ1) is 9.83. The minimum Gasteiger partial charge on any atom is -0.497 e. The first-order valence-electron chi connectivity index (χ1n) is 6.12. The highest BCUT2D eigenvalue weighted by atomic mass is 16.5. The Balaban J connectivity index is 2.26. The minimum absolute atomic E-state index is 0.501. The smallest absolute Gasteiger partial charge is 0.240 e. The van der Waals surface area contributed by atoms with Gasteiger partial charge in [0.1, 0.15) is 5.75 Å². The predicted molar refractivity (Wildman–Crippen MR) is 77.8 cm³/mol. The Labute approximate surface area is 117 Å². The second kappa shape index (κ2) is 6.94. The number of nitrogens with zero attached hydrogens (tertiary/aromatic N) is 1. The molecule has 0 aliphatic rings. The standard InChI is InChI=1S/C17H13NO2/c1-20-16-10-11-17(18-13-19)15(12-16)9-5-8-14-6-3-2-4-7-14/h2-4,6-7,10-12H,8H2,1H3. The zero-order valence-corrected chi connectivity index (χ0v) is 11.1. The van der Waals surface area contributed by atoms with Gasteiger partial charge in [-0.1, -0.05) is 42.2 Å². The average molecular weight is 263 g/mol. The van der Waals surface area contributed by atoms with Crippen LogP contribution in [-0.4, -0.2) is 13.2 Å². The maximum atomic E-state index is 10.4. The third-order valence-electron chi connectivity index (χ3n) is 2.73. The summed E-state index contributed by atoms with van der Waals surface area (Å²) in [6, 6.07) is 15.1. The summed E-state index contributed by atoms with van der Waals surface area (Å²) in [6.07, 6.45) is 2.18. The van der Waals surface area contributed by atoms with Crippen molar-refractivity contribution >= 4 is 11.8 Å². The molecule has 0 aliphatic carbocycles. The molecule has 0 saturated carbocycles. The van der Waals surface area contributed by atoms with Gasteiger partial charge < -0.3 is 4.74 Å². The molecule has 0 atom stereocenters. The summed E-state index contributed by atoms with van der Waals surface area (Å²) in [4.78, 5) is 14.0. The van der Waals surface area contributed by atoms with Gasteiger partial charge in [0.15, 0.2) is 0 Å². The van der Waals surface area contributed by atoms with Gasteiger partial charge in [-0.25, -0.2) is 4.79 Å². The number of benzene rings is 2. The molecular weight excluding hydrogens is 250 g/mol. The second-order valence-electron chi connectivity index (χ2n) is 4.05. The van der Waals surface area contributed by atoms with E-state index >= 15 is 0 Å². The van der Waals surface area contributed by atoms with Crippen LogP contribution in [0.5, 0.6) is 5.75 Å². The Bertz CT molecular complexity index is 690. The summed E-state index contributed by atoms with van der Waals surface area (Å²) in [5.74, 6) is 6.77. The minimum atomic E-state index is 0.501. The molecule has 0 heterocycles. The van der Waals surface area contributed by atoms with E-state index in [4.69, 9.17) is 4.74 Å². The highest BCUT2D eigenvalue weighted by Gasteiger charge is 2.01. The highest BCUT2D eigenvalue weighted by Crippen LogP contribution is 2.23. The number of hydrogen-bond donors (Lipinski definition) is 0. The van der Waals surface area contributed by atoms with Crippen LogP contribution in [0.2, 0.25) is 0 Å². The molecule has 98 valence electrons. The zero-order valence-electron chi connectivity index (χ0n) is 11.1. The molecule has 0 bridgehead atoms. The van der Waals surface area contributed by atoms with E-state index in [-0.39, 0.29) is 0 Å². The lowest BCUT2D eigenvalue weighted by Crippen LogP contribution is -1.85. The lowest BCUT2D eigenvalue weighted by Gasteiger charge is -2.01. The van der Waals surface area contributed by atoms with Gasteiger partial charge in [0.2, 0.25) is 6.08 Å². The topological polar surface area (TPSA) is 38.7 Å². The molecule has 3 heteroatoms. The van der Waals surface area contributed by atoms with Crippen molar-refractivity contribution in [2.75, 3.05) is 7.11 Å². The molecular formula is C17H13NO2. The number of ether oxygens (including phenoxy) is 1. The van der Waals surface area contributed by atoms with Gasteiger partial charge in [-0.2, -0.15) is 4.99 Å². The van der Waals surface area contributed by atoms with Gasteiger partial charge in [-0.05, 0) is 23.8 Å². The van der Waals surface area contributed by atoms with Crippen molar-refractivity contribution < 1.29 is 9.53 Å². The van der Waals surface area contributed by atoms with Gasteiger partial charge in [-0.15, -0.1) is 0 Å². The summed E-state index contributed by atoms with van der Waals surface area (Å²) in [6.45, 7) is 0. The third-order valence-corrected chi connectivity index (χ3v) is 2.73. The molecule has 0 N–H and O–H groups in total. The van der Waals surface area contributed by atoms with Crippen molar-refractivity contribution in [3.63, 3.8) is 0 Å². The molecule has 0 fully saturated rings. The molecule has 0 aliphatic heterocycles. The SMILES string of the molecule is COc1ccc(N=C=O)c(C#CCc2ccccc2)c1. The van der Waals surface area contributed by atoms with E-state index in [0.29, 0.717) is 23.4 Å². The molecule has 0 amide bonds. The average Bonchev–Trinajstić information content (AvgIpc) is 2.50. The van der Waals surface area contributed by atoms with Crippen LogP contribution in [0.3, 0.4) is 0 Å². The van der Waals surface area contributed by atoms with E-state index in [1.54, 1.807) is 25.3 Å². The van der Waals surface area contributed by atoms with Gasteiger partial charge >= 0.3 is 0 Å². The van der Waals surface area contributed by atoms with Crippen molar-refractivity contribution in [1.82, 2.24) is 0 Å². The maximum Gasteiger partial charge on any atom is 0.240 e. The molecule has 2 aromatic rings. The molecule has 3 nitrogen and oxygen atoms in total. The summed E-state index contributed by atoms with van der Waals surface area (Å²) < 4.78 is 5.14. The van der Waals surface area contributed by atoms with Crippen LogP contribution in [0.15, 0.2) is 53.5 Å². The summed E-state index contributed by atoms with van der Waals surface area (Å²) >= 11 is 0. The van der Waals surface area contributed by atoms with Crippen LogP contribution in [0.1, 0.15) is 11.1 Å². The van der Waals surface area contributed by atoms with Crippen molar-refractivity contribution in [3.8, 4) is 17.6 Å². The van der Waals surface area contributed by atoms with Crippen LogP contribution < -0.4 is 4.74 Å². The largest absolute Gasteiger partial charge is 0.497 e. The Morgan fingerprint density at radius 1 is 1.15 bits per heavy atom. The van der Waals surface area contributed by atoms with E-state index < -0.39 is 0 Å². The molecule has 0 radical (unpaired) electrons. The fourth-order valence-electron chi connectivity index (χ4n) is 1.73. The molecule has 2 rings (SSSR count). The van der Waals surface area contributed by atoms with Crippen LogP contribution in [0.25, 0.3) is 0 Å². The molecule has 0 spiro atoms. The van der Waals surface area contributed by atoms with E-state index in [1.807, 2.05) is 30.3 Å². The Hall–Kier alpha value is -2.82. The normalized spacial score (nSPS) is 9.05. The van der Waals surface area contributed by atoms with Crippen molar-refractivity contribution in [2.45, 2.75) is 6.42 Å². The van der Waals surface area contributed by atoms with Crippen LogP contribution in [0.4, 0.5) is 5.69 Å². The first kappa shape index (κ1) is 13.6. The number of hydrogen-bond acceptors (Lipinski definition) is 3. The third kappa shape index (κ3) is 3.58. The van der Waals surface area contributed by atoms with Crippen LogP contribution in [-0.2, 0) is 11.2 Å². The van der Waals surface area contributed by atoms with Gasteiger partial charge in [0.05, 0.1) is 18.4 Å². The highest BCUT2D eigenvalue weighted by molar-refractivity contribution is 5.61. The summed E-state index contributed by atoms with van der Waals surface area (Å²) in [5, 5.41) is 0. The molecule has 0 saturated heterocycles. The predicted octanol–water partition coefficient (Wildman–Crippen LogP) is 3.26. The molecule has 0 unspecified atom stereocenters. The summed E-state index contributed by atoms with van der Waals surface area (Å²) in [5.41, 5.74) is 2.30. The van der Waals surface area contributed by atoms with Crippen molar-refractivity contribution in [2.24, 2.45) is 4.99 Å². The number of isocyanates is 1. The quantitative estimate of drug-likeness (QED) is 0.484. The van der Waals surface area contributed by atoms with E-state index in [9.17, 15) is 4.79 Å². The monoisotopic (exact) mass is 263 g/mol. The molecule has 2 aromatic carbocycles. The Kier molecular flexibility index (Phi) is 4.72. The Morgan fingerprint density at radius 3 is 2.65 bits per heavy atom. The van der Waals surface area contributed by atoms with Crippen molar-refractivity contribution in [3.05, 3.63) is 59.7 Å². The van der Waals surface area contributed by atoms with E-state index in [2.05, 4.69) is 16.8 Å². The zero-order chi connectivity index (χ0) is 14.2. The fourth-order valence-corrected chi connectivity index (χ4v) is 1.73. The van der Waals surface area contributed by atoms with Gasteiger partial charge in [0, 0.05) is 6.42 Å². The number of aliphatic imine (C=N–C) groups is 1. The van der Waals surface area contributed by atoms with Gasteiger partial charge in [0.25, 0.3) is 0 Å². The van der Waals surface area contributed by atoms with Crippen molar-refractivity contribution in [1.29, 1.82) is 0 Å². The lowest BCUT2D eigenvalue weighted by molar-refractivity contribution is 0.414. The second-order valence-corrected chi connectivity index (χ2v) is 4.05. The number of methoxy groups -OCH3 is 1. The Morgan fingerprint density at radius 2 is 1.95 bits per heavy atom. The number of rotatable bonds is 3. The number of carbonyl (C=O) groups excluding carboxylic acids is 1. The van der Waals surface area contributed by atoms with E-state index in [0.717, 1.165) is 5.56 Å². The fraction of sp³-hybridized carbons (Fsp3) is 0.118. The van der Waals surface area contributed by atoms with E-state index in [1.165, 1.54) is 6.08 Å². The van der Waals surface area contributed by atoms with Crippen LogP contribution in [0, 0.1) is 11.8 Å².